The van der Waals surface area contributed by atoms with Gasteiger partial charge in [0.25, 0.3) is 0 Å². The molecule has 0 heterocycles. The van der Waals surface area contributed by atoms with E-state index in [9.17, 15) is 0 Å². The van der Waals surface area contributed by atoms with Crippen molar-refractivity contribution in [1.29, 1.82) is 0 Å². The smallest absolute Gasteiger partial charge is 1.00 e. The van der Waals surface area contributed by atoms with Crippen molar-refractivity contribution in [3.63, 3.8) is 0 Å². The molecule has 0 atom stereocenters. The van der Waals surface area contributed by atoms with Crippen LogP contribution in [-0.4, -0.2) is 0 Å². The fraction of sp³-hybridized carbons (Fsp3) is 0.243. The van der Waals surface area contributed by atoms with Gasteiger partial charge in [-0.25, -0.2) is 0 Å². The number of hydrogen-bond donors (Lipinski definition) is 0. The Hall–Kier alpha value is -1.92. The summed E-state index contributed by atoms with van der Waals surface area (Å²) in [5.74, 6) is 1.44. The summed E-state index contributed by atoms with van der Waals surface area (Å²) >= 11 is 0. The van der Waals surface area contributed by atoms with E-state index >= 15 is 0 Å². The Morgan fingerprint density at radius 1 is 0.550 bits per heavy atom. The summed E-state index contributed by atoms with van der Waals surface area (Å²) in [6.45, 7) is 15.8. The van der Waals surface area contributed by atoms with Crippen molar-refractivity contribution < 1.29 is 51.0 Å². The molecule has 6 aromatic carbocycles. The van der Waals surface area contributed by atoms with E-state index in [-0.39, 0.29) is 51.0 Å². The predicted molar refractivity (Wildman–Crippen MR) is 167 cm³/mol. The predicted octanol–water partition coefficient (Wildman–Crippen LogP) is 4.87. The maximum absolute atomic E-state index is 3.38. The minimum atomic E-state index is 0. The fourth-order valence-corrected chi connectivity index (χ4v) is 5.23. The van der Waals surface area contributed by atoms with Crippen LogP contribution in [0.2, 0.25) is 0 Å². The number of rotatable bonds is 4. The van der Waals surface area contributed by atoms with Crippen molar-refractivity contribution in [2.45, 2.75) is 47.0 Å². The van der Waals surface area contributed by atoms with E-state index in [0.29, 0.717) is 0 Å². The Morgan fingerprint density at radius 2 is 0.900 bits per heavy atom. The van der Waals surface area contributed by atoms with E-state index in [1.54, 1.807) is 0 Å². The van der Waals surface area contributed by atoms with Gasteiger partial charge in [0.2, 0.25) is 0 Å². The Labute approximate surface area is 273 Å². The molecule has 0 fully saturated rings. The van der Waals surface area contributed by atoms with E-state index in [0.717, 1.165) is 18.3 Å². The average Bonchev–Trinajstić information content (AvgIpc) is 3.47. The first-order valence-electron chi connectivity index (χ1n) is 13.6. The number of fused-ring (bicyclic) bond motifs is 6. The summed E-state index contributed by atoms with van der Waals surface area (Å²) in [5, 5.41) is 11.0. The number of hydrogen-bond acceptors (Lipinski definition) is 0. The Kier molecular flexibility index (Phi) is 15.5. The summed E-state index contributed by atoms with van der Waals surface area (Å²) in [7, 11) is 0. The van der Waals surface area contributed by atoms with Crippen LogP contribution < -0.4 is 24.8 Å². The van der Waals surface area contributed by atoms with E-state index in [4.69, 9.17) is 0 Å². The minimum absolute atomic E-state index is 0. The number of halogens is 2. The standard InChI is InChI=1S/2C17H17.C3H6.2ClH.Zr/c2*1-12(2)9-13-10-15-8-7-14-5-3-4-6-16(14)17(15)11-13;1-3-2;;;/h2*3-8,10-12H,9H2,1-2H3;1-3H2;2*1H;/q2*-1;-2;;;+2/p-2. The summed E-state index contributed by atoms with van der Waals surface area (Å²) in [6, 6.07) is 35.6. The van der Waals surface area contributed by atoms with Crippen molar-refractivity contribution in [2.24, 2.45) is 11.8 Å². The van der Waals surface area contributed by atoms with Gasteiger partial charge in [-0.3, -0.25) is 0 Å². The largest absolute Gasteiger partial charge is 2.00 e. The van der Waals surface area contributed by atoms with E-state index in [1.165, 1.54) is 67.1 Å². The second kappa shape index (κ2) is 17.1. The van der Waals surface area contributed by atoms with Gasteiger partial charge in [-0.1, -0.05) is 99.1 Å². The van der Waals surface area contributed by atoms with Crippen LogP contribution in [0.3, 0.4) is 0 Å². The molecule has 3 heteroatoms. The van der Waals surface area contributed by atoms with Gasteiger partial charge in [-0.2, -0.15) is 12.1 Å². The third kappa shape index (κ3) is 9.04. The zero-order valence-electron chi connectivity index (χ0n) is 24.2. The molecule has 0 aromatic heterocycles. The van der Waals surface area contributed by atoms with Gasteiger partial charge in [-0.15, -0.1) is 56.9 Å². The van der Waals surface area contributed by atoms with Crippen LogP contribution in [0.25, 0.3) is 43.1 Å². The normalized spacial score (nSPS) is 10.4. The van der Waals surface area contributed by atoms with Crippen LogP contribution in [0, 0.1) is 25.7 Å². The molecule has 0 saturated heterocycles. The average molecular weight is 647 g/mol. The van der Waals surface area contributed by atoms with E-state index in [2.05, 4.69) is 139 Å². The molecular weight excluding hydrogens is 607 g/mol. The molecule has 0 aliphatic rings. The molecule has 6 rings (SSSR count). The van der Waals surface area contributed by atoms with Gasteiger partial charge in [0.15, 0.2) is 0 Å². The second-order valence-electron chi connectivity index (χ2n) is 10.9. The molecule has 0 aliphatic carbocycles. The SMILES string of the molecule is CC(C)Cc1cc2c(ccc3ccccc32)[cH-]1.CC(C)Cc1cc2c(ccc3ccccc32)[cH-]1.[CH2-]C[CH2-].[Cl-].[Cl-].[Zr+2]. The molecule has 0 N–H and O–H groups in total. The quantitative estimate of drug-likeness (QED) is 0.240. The first kappa shape index (κ1) is 36.1. The molecule has 0 radical (unpaired) electrons. The zero-order chi connectivity index (χ0) is 26.4. The third-order valence-corrected chi connectivity index (χ3v) is 6.64. The molecule has 0 unspecified atom stereocenters. The van der Waals surface area contributed by atoms with Gasteiger partial charge >= 0.3 is 26.2 Å². The molecule has 40 heavy (non-hydrogen) atoms. The van der Waals surface area contributed by atoms with Crippen LogP contribution in [0.15, 0.2) is 97.1 Å². The van der Waals surface area contributed by atoms with Crippen LogP contribution >= 0.6 is 0 Å². The van der Waals surface area contributed by atoms with Crippen molar-refractivity contribution in [3.05, 3.63) is 122 Å². The summed E-state index contributed by atoms with van der Waals surface area (Å²) in [4.78, 5) is 0. The van der Waals surface area contributed by atoms with Gasteiger partial charge < -0.3 is 45.1 Å². The molecule has 0 amide bonds. The Balaban J connectivity index is 0.000000341. The van der Waals surface area contributed by atoms with Crippen molar-refractivity contribution in [1.82, 2.24) is 0 Å². The van der Waals surface area contributed by atoms with Gasteiger partial charge in [0, 0.05) is 0 Å². The maximum Gasteiger partial charge on any atom is 2.00 e. The second-order valence-corrected chi connectivity index (χ2v) is 10.9. The van der Waals surface area contributed by atoms with E-state index in [1.807, 2.05) is 0 Å². The first-order valence-corrected chi connectivity index (χ1v) is 13.6. The molecule has 0 nitrogen and oxygen atoms in total. The molecule has 6 aromatic rings. The van der Waals surface area contributed by atoms with Crippen molar-refractivity contribution in [3.8, 4) is 0 Å². The topological polar surface area (TPSA) is 0 Å². The Bertz CT molecular complexity index is 1470. The molecule has 0 spiro atoms. The summed E-state index contributed by atoms with van der Waals surface area (Å²) in [6.07, 6.45) is 3.09. The molecule has 0 aliphatic heterocycles. The first-order chi connectivity index (χ1) is 17.9. The Morgan fingerprint density at radius 3 is 1.25 bits per heavy atom. The van der Waals surface area contributed by atoms with Crippen molar-refractivity contribution in [2.75, 3.05) is 0 Å². The maximum atomic E-state index is 3.38. The van der Waals surface area contributed by atoms with Crippen LogP contribution in [0.4, 0.5) is 0 Å². The van der Waals surface area contributed by atoms with Crippen molar-refractivity contribution >= 4 is 43.1 Å². The third-order valence-electron chi connectivity index (χ3n) is 6.64. The summed E-state index contributed by atoms with van der Waals surface area (Å²) < 4.78 is 0. The van der Waals surface area contributed by atoms with E-state index < -0.39 is 0 Å². The van der Waals surface area contributed by atoms with Gasteiger partial charge in [0.05, 0.1) is 0 Å². The van der Waals surface area contributed by atoms with Crippen LogP contribution in [0.1, 0.15) is 45.2 Å². The summed E-state index contributed by atoms with van der Waals surface area (Å²) in [5.41, 5.74) is 2.93. The van der Waals surface area contributed by atoms with Crippen LogP contribution in [0.5, 0.6) is 0 Å². The zero-order valence-corrected chi connectivity index (χ0v) is 28.2. The minimum Gasteiger partial charge on any atom is -1.00 e. The number of benzene rings is 4. The monoisotopic (exact) mass is 644 g/mol. The molecule has 0 saturated carbocycles. The molecular formula is C37H40Cl2Zr-4. The molecule has 0 bridgehead atoms. The molecule has 210 valence electrons. The van der Waals surface area contributed by atoms with Gasteiger partial charge in [-0.05, 0) is 35.4 Å². The van der Waals surface area contributed by atoms with Crippen LogP contribution in [-0.2, 0) is 39.0 Å². The van der Waals surface area contributed by atoms with Gasteiger partial charge in [0.1, 0.15) is 0 Å². The fourth-order valence-electron chi connectivity index (χ4n) is 5.23.